The molecule has 0 atom stereocenters. The van der Waals surface area contributed by atoms with Crippen LogP contribution in [0.25, 0.3) is 0 Å². The lowest BCUT2D eigenvalue weighted by Gasteiger charge is -2.44. The van der Waals surface area contributed by atoms with Gasteiger partial charge in [0.2, 0.25) is 0 Å². The van der Waals surface area contributed by atoms with Gasteiger partial charge in [0.05, 0.1) is 13.1 Å². The van der Waals surface area contributed by atoms with Gasteiger partial charge in [-0.05, 0) is 63.4 Å². The summed E-state index contributed by atoms with van der Waals surface area (Å²) in [5, 5.41) is 3.13. The predicted octanol–water partition coefficient (Wildman–Crippen LogP) is 3.55. The molecule has 0 bridgehead atoms. The molecule has 0 aromatic carbocycles. The van der Waals surface area contributed by atoms with Crippen LogP contribution in [0.3, 0.4) is 0 Å². The second-order valence-corrected chi connectivity index (χ2v) is 6.74. The van der Waals surface area contributed by atoms with Crippen LogP contribution in [-0.4, -0.2) is 25.0 Å². The molecular formula is C17H28N2O. The minimum Gasteiger partial charge on any atom is -0.463 e. The molecule has 20 heavy (non-hydrogen) atoms. The standard InChI is InChI=1S/C17H28N2O/c1-18-13-15-5-6-16(20-15)14-19-11-9-17(10-12-19)7-3-2-4-8-17/h5-6,18H,2-4,7-14H2,1H3. The molecule has 1 aliphatic carbocycles. The van der Waals surface area contributed by atoms with Gasteiger partial charge < -0.3 is 9.73 Å². The highest BCUT2D eigenvalue weighted by Crippen LogP contribution is 2.44. The molecule has 0 radical (unpaired) electrons. The van der Waals surface area contributed by atoms with Gasteiger partial charge in [-0.1, -0.05) is 19.3 Å². The average molecular weight is 276 g/mol. The number of hydrogen-bond donors (Lipinski definition) is 1. The normalized spacial score (nSPS) is 23.2. The second kappa shape index (κ2) is 6.31. The van der Waals surface area contributed by atoms with Crippen LogP contribution in [0.5, 0.6) is 0 Å². The van der Waals surface area contributed by atoms with Crippen molar-refractivity contribution < 1.29 is 4.42 Å². The van der Waals surface area contributed by atoms with Gasteiger partial charge in [-0.2, -0.15) is 0 Å². The van der Waals surface area contributed by atoms with Crippen LogP contribution < -0.4 is 5.32 Å². The van der Waals surface area contributed by atoms with E-state index in [1.54, 1.807) is 0 Å². The van der Waals surface area contributed by atoms with E-state index in [2.05, 4.69) is 22.3 Å². The first kappa shape index (κ1) is 14.2. The minimum absolute atomic E-state index is 0.704. The Labute approximate surface area is 122 Å². The number of nitrogens with zero attached hydrogens (tertiary/aromatic N) is 1. The molecule has 3 nitrogen and oxygen atoms in total. The Morgan fingerprint density at radius 2 is 1.75 bits per heavy atom. The summed E-state index contributed by atoms with van der Waals surface area (Å²) in [4.78, 5) is 2.57. The second-order valence-electron chi connectivity index (χ2n) is 6.74. The Kier molecular flexibility index (Phi) is 4.47. The quantitative estimate of drug-likeness (QED) is 0.911. The van der Waals surface area contributed by atoms with Crippen molar-refractivity contribution in [3.63, 3.8) is 0 Å². The smallest absolute Gasteiger partial charge is 0.118 e. The Morgan fingerprint density at radius 1 is 1.05 bits per heavy atom. The van der Waals surface area contributed by atoms with Crippen LogP contribution in [0.1, 0.15) is 56.5 Å². The van der Waals surface area contributed by atoms with Crippen molar-refractivity contribution in [2.45, 2.75) is 58.0 Å². The molecule has 3 rings (SSSR count). The first-order chi connectivity index (χ1) is 9.80. The molecule has 2 fully saturated rings. The lowest BCUT2D eigenvalue weighted by atomic mass is 9.68. The summed E-state index contributed by atoms with van der Waals surface area (Å²) in [6.07, 6.45) is 10.2. The largest absolute Gasteiger partial charge is 0.463 e. The minimum atomic E-state index is 0.704. The van der Waals surface area contributed by atoms with E-state index >= 15 is 0 Å². The third-order valence-corrected chi connectivity index (χ3v) is 5.28. The number of nitrogens with one attached hydrogen (secondary N) is 1. The van der Waals surface area contributed by atoms with Crippen molar-refractivity contribution in [2.24, 2.45) is 5.41 Å². The molecule has 1 aliphatic heterocycles. The van der Waals surface area contributed by atoms with Crippen LogP contribution in [0.4, 0.5) is 0 Å². The zero-order chi connectivity index (χ0) is 13.8. The summed E-state index contributed by atoms with van der Waals surface area (Å²) >= 11 is 0. The Balaban J connectivity index is 1.50. The topological polar surface area (TPSA) is 28.4 Å². The zero-order valence-electron chi connectivity index (χ0n) is 12.8. The average Bonchev–Trinajstić information content (AvgIpc) is 2.91. The van der Waals surface area contributed by atoms with Gasteiger partial charge in [-0.3, -0.25) is 4.90 Å². The first-order valence-electron chi connectivity index (χ1n) is 8.24. The zero-order valence-corrected chi connectivity index (χ0v) is 12.8. The fourth-order valence-corrected chi connectivity index (χ4v) is 3.98. The van der Waals surface area contributed by atoms with E-state index in [0.29, 0.717) is 5.41 Å². The molecule has 1 N–H and O–H groups in total. The van der Waals surface area contributed by atoms with Crippen molar-refractivity contribution in [2.75, 3.05) is 20.1 Å². The third kappa shape index (κ3) is 3.26. The highest BCUT2D eigenvalue weighted by molar-refractivity contribution is 5.07. The molecule has 1 aromatic heterocycles. The van der Waals surface area contributed by atoms with Crippen LogP contribution >= 0.6 is 0 Å². The molecule has 2 heterocycles. The maximum atomic E-state index is 5.86. The summed E-state index contributed by atoms with van der Waals surface area (Å²) in [7, 11) is 1.95. The number of hydrogen-bond acceptors (Lipinski definition) is 3. The van der Waals surface area contributed by atoms with Gasteiger partial charge in [0.1, 0.15) is 11.5 Å². The SMILES string of the molecule is CNCc1ccc(CN2CCC3(CCCCC3)CC2)o1. The van der Waals surface area contributed by atoms with Crippen molar-refractivity contribution in [1.82, 2.24) is 10.2 Å². The Morgan fingerprint density at radius 3 is 2.45 bits per heavy atom. The number of furan rings is 1. The van der Waals surface area contributed by atoms with Gasteiger partial charge in [-0.15, -0.1) is 0 Å². The highest BCUT2D eigenvalue weighted by Gasteiger charge is 2.35. The molecule has 1 saturated carbocycles. The van der Waals surface area contributed by atoms with E-state index in [9.17, 15) is 0 Å². The van der Waals surface area contributed by atoms with Crippen LogP contribution in [0, 0.1) is 5.41 Å². The summed E-state index contributed by atoms with van der Waals surface area (Å²) in [5.41, 5.74) is 0.704. The van der Waals surface area contributed by atoms with Gasteiger partial charge >= 0.3 is 0 Å². The monoisotopic (exact) mass is 276 g/mol. The number of likely N-dealkylation sites (tertiary alicyclic amines) is 1. The van der Waals surface area contributed by atoms with Crippen LogP contribution in [-0.2, 0) is 13.1 Å². The Hall–Kier alpha value is -0.800. The molecule has 0 amide bonds. The molecule has 1 aromatic rings. The fraction of sp³-hybridized carbons (Fsp3) is 0.765. The number of rotatable bonds is 4. The maximum absolute atomic E-state index is 5.86. The highest BCUT2D eigenvalue weighted by atomic mass is 16.3. The molecule has 112 valence electrons. The van der Waals surface area contributed by atoms with Crippen LogP contribution in [0.15, 0.2) is 16.5 Å². The van der Waals surface area contributed by atoms with Crippen molar-refractivity contribution in [3.05, 3.63) is 23.7 Å². The van der Waals surface area contributed by atoms with E-state index < -0.39 is 0 Å². The molecule has 2 aliphatic rings. The fourth-order valence-electron chi connectivity index (χ4n) is 3.98. The van der Waals surface area contributed by atoms with Crippen LogP contribution in [0.2, 0.25) is 0 Å². The van der Waals surface area contributed by atoms with Gasteiger partial charge in [0, 0.05) is 0 Å². The number of piperidine rings is 1. The van der Waals surface area contributed by atoms with E-state index in [-0.39, 0.29) is 0 Å². The predicted molar refractivity (Wildman–Crippen MR) is 81.5 cm³/mol. The first-order valence-corrected chi connectivity index (χ1v) is 8.24. The molecule has 1 spiro atoms. The Bertz CT molecular complexity index is 410. The van der Waals surface area contributed by atoms with E-state index in [1.807, 2.05) is 7.05 Å². The summed E-state index contributed by atoms with van der Waals surface area (Å²) in [6, 6.07) is 4.23. The molecule has 0 unspecified atom stereocenters. The maximum Gasteiger partial charge on any atom is 0.118 e. The third-order valence-electron chi connectivity index (χ3n) is 5.28. The van der Waals surface area contributed by atoms with Gasteiger partial charge in [-0.25, -0.2) is 0 Å². The lowest BCUT2D eigenvalue weighted by molar-refractivity contribution is 0.0606. The van der Waals surface area contributed by atoms with Gasteiger partial charge in [0.15, 0.2) is 0 Å². The summed E-state index contributed by atoms with van der Waals surface area (Å²) < 4.78 is 5.86. The summed E-state index contributed by atoms with van der Waals surface area (Å²) in [6.45, 7) is 4.31. The van der Waals surface area contributed by atoms with Crippen molar-refractivity contribution >= 4 is 0 Å². The van der Waals surface area contributed by atoms with Gasteiger partial charge in [0.25, 0.3) is 0 Å². The molecule has 3 heteroatoms. The van der Waals surface area contributed by atoms with E-state index in [0.717, 1.165) is 24.6 Å². The molecular weight excluding hydrogens is 248 g/mol. The molecule has 1 saturated heterocycles. The van der Waals surface area contributed by atoms with E-state index in [1.165, 1.54) is 58.0 Å². The lowest BCUT2D eigenvalue weighted by Crippen LogP contribution is -2.40. The van der Waals surface area contributed by atoms with Crippen molar-refractivity contribution in [1.29, 1.82) is 0 Å². The summed E-state index contributed by atoms with van der Waals surface area (Å²) in [5.74, 6) is 2.16. The van der Waals surface area contributed by atoms with E-state index in [4.69, 9.17) is 4.42 Å². The van der Waals surface area contributed by atoms with Crippen molar-refractivity contribution in [3.8, 4) is 0 Å².